The molecule has 0 saturated carbocycles. The number of carbonyl (C=O) groups excluding carboxylic acids is 1. The monoisotopic (exact) mass is 172 g/mol. The summed E-state index contributed by atoms with van der Waals surface area (Å²) < 4.78 is 4.64. The van der Waals surface area contributed by atoms with Crippen molar-refractivity contribution >= 4 is 5.97 Å². The van der Waals surface area contributed by atoms with Gasteiger partial charge < -0.3 is 15.8 Å². The van der Waals surface area contributed by atoms with Crippen molar-refractivity contribution in [1.29, 1.82) is 0 Å². The van der Waals surface area contributed by atoms with Crippen molar-refractivity contribution in [3.63, 3.8) is 0 Å². The summed E-state index contributed by atoms with van der Waals surface area (Å²) in [4.78, 5) is 11.1. The second-order valence-corrected chi connectivity index (χ2v) is 3.16. The molecule has 1 aliphatic heterocycles. The third-order valence-corrected chi connectivity index (χ3v) is 2.33. The van der Waals surface area contributed by atoms with Gasteiger partial charge in [0.15, 0.2) is 0 Å². The Morgan fingerprint density at radius 3 is 3.08 bits per heavy atom. The maximum Gasteiger partial charge on any atom is 0.322 e. The van der Waals surface area contributed by atoms with Crippen LogP contribution in [-0.4, -0.2) is 32.2 Å². The molecule has 0 aliphatic carbocycles. The van der Waals surface area contributed by atoms with Gasteiger partial charge in [0.25, 0.3) is 0 Å². The minimum atomic E-state index is -0.173. The smallest absolute Gasteiger partial charge is 0.322 e. The average Bonchev–Trinajstić information content (AvgIpc) is 2.17. The maximum absolute atomic E-state index is 11.1. The number of carbonyl (C=O) groups is 1. The Balaban J connectivity index is 2.40. The molecule has 0 unspecified atom stereocenters. The lowest BCUT2D eigenvalue weighted by atomic mass is 9.93. The average molecular weight is 172 g/mol. The molecule has 0 spiro atoms. The maximum atomic E-state index is 11.1. The van der Waals surface area contributed by atoms with Crippen LogP contribution in [-0.2, 0) is 9.53 Å². The van der Waals surface area contributed by atoms with E-state index in [9.17, 15) is 4.79 Å². The molecule has 0 aromatic rings. The second kappa shape index (κ2) is 4.42. The standard InChI is InChI=1S/C8H16N2O2/c1-12-8(11)7-4-6(5-9)2-3-10-7/h6-7,10H,2-5,9H2,1H3/t6-,7-/m1/s1. The normalized spacial score (nSPS) is 29.8. The van der Waals surface area contributed by atoms with Crippen LogP contribution in [0.1, 0.15) is 12.8 Å². The van der Waals surface area contributed by atoms with Crippen molar-refractivity contribution in [1.82, 2.24) is 5.32 Å². The van der Waals surface area contributed by atoms with Gasteiger partial charge in [-0.15, -0.1) is 0 Å². The van der Waals surface area contributed by atoms with Gasteiger partial charge in [-0.05, 0) is 31.8 Å². The quantitative estimate of drug-likeness (QED) is 0.550. The van der Waals surface area contributed by atoms with Gasteiger partial charge in [-0.2, -0.15) is 0 Å². The number of ether oxygens (including phenoxy) is 1. The lowest BCUT2D eigenvalue weighted by molar-refractivity contribution is -0.144. The van der Waals surface area contributed by atoms with Crippen LogP contribution < -0.4 is 11.1 Å². The molecule has 0 bridgehead atoms. The fraction of sp³-hybridized carbons (Fsp3) is 0.875. The molecule has 1 aliphatic rings. The SMILES string of the molecule is COC(=O)[C@H]1C[C@H](CN)CCN1. The van der Waals surface area contributed by atoms with Crippen LogP contribution >= 0.6 is 0 Å². The number of nitrogens with one attached hydrogen (secondary N) is 1. The first-order valence-corrected chi connectivity index (χ1v) is 4.29. The molecule has 2 atom stereocenters. The summed E-state index contributed by atoms with van der Waals surface area (Å²) in [5.74, 6) is 0.295. The Hall–Kier alpha value is -0.610. The molecule has 12 heavy (non-hydrogen) atoms. The van der Waals surface area contributed by atoms with E-state index >= 15 is 0 Å². The predicted molar refractivity (Wildman–Crippen MR) is 45.6 cm³/mol. The van der Waals surface area contributed by atoms with Gasteiger partial charge in [-0.1, -0.05) is 0 Å². The number of hydrogen-bond acceptors (Lipinski definition) is 4. The number of nitrogens with two attached hydrogens (primary N) is 1. The Bertz CT molecular complexity index is 161. The van der Waals surface area contributed by atoms with Gasteiger partial charge in [0.1, 0.15) is 6.04 Å². The van der Waals surface area contributed by atoms with E-state index in [2.05, 4.69) is 10.1 Å². The molecule has 1 fully saturated rings. The van der Waals surface area contributed by atoms with Gasteiger partial charge in [0, 0.05) is 0 Å². The minimum absolute atomic E-state index is 0.141. The van der Waals surface area contributed by atoms with Crippen molar-refractivity contribution in [2.45, 2.75) is 18.9 Å². The molecule has 0 radical (unpaired) electrons. The molecular formula is C8H16N2O2. The Kier molecular flexibility index (Phi) is 3.49. The first-order valence-electron chi connectivity index (χ1n) is 4.29. The summed E-state index contributed by atoms with van der Waals surface area (Å²) in [6.07, 6.45) is 1.87. The number of piperidine rings is 1. The molecule has 0 aromatic carbocycles. The van der Waals surface area contributed by atoms with Gasteiger partial charge in [-0.25, -0.2) is 0 Å². The highest BCUT2D eigenvalue weighted by Gasteiger charge is 2.26. The highest BCUT2D eigenvalue weighted by Crippen LogP contribution is 2.15. The van der Waals surface area contributed by atoms with Crippen molar-refractivity contribution in [2.24, 2.45) is 11.7 Å². The van der Waals surface area contributed by atoms with Crippen LogP contribution in [0.15, 0.2) is 0 Å². The van der Waals surface area contributed by atoms with Gasteiger partial charge in [0.2, 0.25) is 0 Å². The molecule has 1 heterocycles. The Labute approximate surface area is 72.5 Å². The van der Waals surface area contributed by atoms with Crippen LogP contribution in [0, 0.1) is 5.92 Å². The fourth-order valence-electron chi connectivity index (χ4n) is 1.53. The van der Waals surface area contributed by atoms with E-state index in [1.54, 1.807) is 0 Å². The summed E-state index contributed by atoms with van der Waals surface area (Å²) in [6, 6.07) is -0.141. The van der Waals surface area contributed by atoms with E-state index in [0.29, 0.717) is 12.5 Å². The third-order valence-electron chi connectivity index (χ3n) is 2.33. The van der Waals surface area contributed by atoms with E-state index in [4.69, 9.17) is 5.73 Å². The molecule has 4 nitrogen and oxygen atoms in total. The summed E-state index contributed by atoms with van der Waals surface area (Å²) in [7, 11) is 1.41. The largest absolute Gasteiger partial charge is 0.468 e. The van der Waals surface area contributed by atoms with E-state index in [1.807, 2.05) is 0 Å². The molecule has 4 heteroatoms. The number of rotatable bonds is 2. The molecule has 70 valence electrons. The summed E-state index contributed by atoms with van der Waals surface area (Å²) in [5, 5.41) is 3.10. The molecule has 1 saturated heterocycles. The zero-order valence-corrected chi connectivity index (χ0v) is 7.38. The van der Waals surface area contributed by atoms with Crippen LogP contribution in [0.2, 0.25) is 0 Å². The summed E-state index contributed by atoms with van der Waals surface area (Å²) in [6.45, 7) is 1.52. The molecule has 0 amide bonds. The zero-order valence-electron chi connectivity index (χ0n) is 7.38. The van der Waals surface area contributed by atoms with Gasteiger partial charge in [0.05, 0.1) is 7.11 Å². The zero-order chi connectivity index (χ0) is 8.97. The van der Waals surface area contributed by atoms with E-state index in [-0.39, 0.29) is 12.0 Å². The first-order chi connectivity index (χ1) is 5.77. The van der Waals surface area contributed by atoms with Crippen molar-refractivity contribution in [3.8, 4) is 0 Å². The molecule has 0 aromatic heterocycles. The highest BCUT2D eigenvalue weighted by molar-refractivity contribution is 5.75. The Morgan fingerprint density at radius 2 is 2.50 bits per heavy atom. The van der Waals surface area contributed by atoms with Crippen LogP contribution in [0.4, 0.5) is 0 Å². The topological polar surface area (TPSA) is 64.3 Å². The summed E-state index contributed by atoms with van der Waals surface area (Å²) >= 11 is 0. The third kappa shape index (κ3) is 2.19. The number of esters is 1. The first kappa shape index (κ1) is 9.48. The predicted octanol–water partition coefficient (Wildman–Crippen LogP) is -0.514. The van der Waals surface area contributed by atoms with Gasteiger partial charge >= 0.3 is 5.97 Å². The Morgan fingerprint density at radius 1 is 1.75 bits per heavy atom. The minimum Gasteiger partial charge on any atom is -0.468 e. The van der Waals surface area contributed by atoms with Crippen LogP contribution in [0.5, 0.6) is 0 Å². The van der Waals surface area contributed by atoms with Crippen LogP contribution in [0.3, 0.4) is 0 Å². The van der Waals surface area contributed by atoms with E-state index in [1.165, 1.54) is 7.11 Å². The van der Waals surface area contributed by atoms with E-state index in [0.717, 1.165) is 19.4 Å². The highest BCUT2D eigenvalue weighted by atomic mass is 16.5. The van der Waals surface area contributed by atoms with Gasteiger partial charge in [-0.3, -0.25) is 4.79 Å². The van der Waals surface area contributed by atoms with Crippen molar-refractivity contribution in [2.75, 3.05) is 20.2 Å². The lowest BCUT2D eigenvalue weighted by Crippen LogP contribution is -2.45. The molecule has 1 rings (SSSR count). The van der Waals surface area contributed by atoms with Crippen molar-refractivity contribution in [3.05, 3.63) is 0 Å². The summed E-state index contributed by atoms with van der Waals surface area (Å²) in [5.41, 5.74) is 5.53. The number of methoxy groups -OCH3 is 1. The number of hydrogen-bond donors (Lipinski definition) is 2. The molecular weight excluding hydrogens is 156 g/mol. The molecule has 3 N–H and O–H groups in total. The fourth-order valence-corrected chi connectivity index (χ4v) is 1.53. The van der Waals surface area contributed by atoms with Crippen LogP contribution in [0.25, 0.3) is 0 Å². The van der Waals surface area contributed by atoms with Crippen molar-refractivity contribution < 1.29 is 9.53 Å². The van der Waals surface area contributed by atoms with E-state index < -0.39 is 0 Å². The second-order valence-electron chi connectivity index (χ2n) is 3.16. The lowest BCUT2D eigenvalue weighted by Gasteiger charge is -2.27.